The van der Waals surface area contributed by atoms with E-state index < -0.39 is 35.8 Å². The van der Waals surface area contributed by atoms with E-state index in [-0.39, 0.29) is 34.2 Å². The van der Waals surface area contributed by atoms with Crippen molar-refractivity contribution in [1.29, 1.82) is 0 Å². The number of hydrogen-bond donors (Lipinski definition) is 2. The second-order valence-electron chi connectivity index (χ2n) is 7.46. The van der Waals surface area contributed by atoms with E-state index in [9.17, 15) is 27.5 Å². The van der Waals surface area contributed by atoms with E-state index in [0.29, 0.717) is 6.07 Å². The molecule has 1 aromatic carbocycles. The minimum absolute atomic E-state index is 0.0705. The third-order valence-electron chi connectivity index (χ3n) is 4.73. The van der Waals surface area contributed by atoms with Gasteiger partial charge in [0.25, 0.3) is 5.56 Å². The van der Waals surface area contributed by atoms with Gasteiger partial charge in [-0.1, -0.05) is 19.9 Å². The van der Waals surface area contributed by atoms with Crippen molar-refractivity contribution in [1.82, 2.24) is 19.7 Å². The molecule has 0 spiro atoms. The van der Waals surface area contributed by atoms with Crippen LogP contribution >= 0.6 is 0 Å². The van der Waals surface area contributed by atoms with E-state index in [2.05, 4.69) is 15.1 Å². The summed E-state index contributed by atoms with van der Waals surface area (Å²) in [5.41, 5.74) is -1.43. The predicted molar refractivity (Wildman–Crippen MR) is 103 cm³/mol. The zero-order chi connectivity index (χ0) is 22.4. The molecule has 11 heteroatoms. The highest BCUT2D eigenvalue weighted by molar-refractivity contribution is 5.78. The quantitative estimate of drug-likeness (QED) is 0.611. The number of H-pyrrole nitrogens is 1. The number of benzene rings is 1. The summed E-state index contributed by atoms with van der Waals surface area (Å²) in [6, 6.07) is 1.96. The fraction of sp³-hybridized carbons (Fsp3) is 0.421. The summed E-state index contributed by atoms with van der Waals surface area (Å²) >= 11 is 0. The number of nitrogens with one attached hydrogen (secondary N) is 1. The molecule has 1 atom stereocenters. The smallest absolute Gasteiger partial charge is 0.390 e. The molecule has 30 heavy (non-hydrogen) atoms. The molecular formula is C19H21F4N5O2. The Morgan fingerprint density at radius 1 is 1.27 bits per heavy atom. The van der Waals surface area contributed by atoms with Crippen molar-refractivity contribution in [3.05, 3.63) is 51.2 Å². The highest BCUT2D eigenvalue weighted by atomic mass is 19.4. The molecule has 0 amide bonds. The third-order valence-corrected chi connectivity index (χ3v) is 4.73. The monoisotopic (exact) mass is 427 g/mol. The maximum atomic E-state index is 14.2. The van der Waals surface area contributed by atoms with Gasteiger partial charge >= 0.3 is 6.18 Å². The normalized spacial score (nSPS) is 13.3. The highest BCUT2D eigenvalue weighted by Crippen LogP contribution is 2.35. The summed E-state index contributed by atoms with van der Waals surface area (Å²) < 4.78 is 54.4. The topological polar surface area (TPSA) is 87.0 Å². The minimum Gasteiger partial charge on any atom is -0.390 e. The number of fused-ring (bicyclic) bond motifs is 1. The maximum absolute atomic E-state index is 14.2. The zero-order valence-electron chi connectivity index (χ0n) is 16.8. The molecular weight excluding hydrogens is 406 g/mol. The molecule has 0 radical (unpaired) electrons. The lowest BCUT2D eigenvalue weighted by molar-refractivity contribution is -0.140. The van der Waals surface area contributed by atoms with E-state index in [1.807, 2.05) is 0 Å². The van der Waals surface area contributed by atoms with Crippen LogP contribution in [0.25, 0.3) is 11.0 Å². The standard InChI is InChI=1S/C19H21F4N5O2/c1-9(2)15(10-5-6-11(12(20)7-10)19(21,22)23)28-16-14(13(8-29)26-28)17(30)25-18(24-16)27(3)4/h5-7,9,15,29H,8H2,1-4H3,(H,24,25,30)/t15-/m0/s1. The molecule has 2 aromatic heterocycles. The van der Waals surface area contributed by atoms with Crippen LogP contribution in [0.3, 0.4) is 0 Å². The van der Waals surface area contributed by atoms with Crippen LogP contribution in [-0.2, 0) is 12.8 Å². The Bertz CT molecular complexity index is 1130. The van der Waals surface area contributed by atoms with Gasteiger partial charge in [-0.25, -0.2) is 9.07 Å². The molecule has 0 saturated carbocycles. The van der Waals surface area contributed by atoms with Gasteiger partial charge in [0.05, 0.1) is 18.2 Å². The number of rotatable bonds is 5. The van der Waals surface area contributed by atoms with Crippen LogP contribution < -0.4 is 10.5 Å². The lowest BCUT2D eigenvalue weighted by atomic mass is 9.95. The molecule has 0 bridgehead atoms. The van der Waals surface area contributed by atoms with Crippen molar-refractivity contribution in [3.8, 4) is 0 Å². The Hall–Kier alpha value is -2.95. The summed E-state index contributed by atoms with van der Waals surface area (Å²) in [6.07, 6.45) is -4.81. The molecule has 0 saturated heterocycles. The molecule has 0 aliphatic rings. The highest BCUT2D eigenvalue weighted by Gasteiger charge is 2.35. The first-order valence-electron chi connectivity index (χ1n) is 9.12. The van der Waals surface area contributed by atoms with E-state index in [4.69, 9.17) is 0 Å². The van der Waals surface area contributed by atoms with Crippen LogP contribution in [0, 0.1) is 11.7 Å². The average Bonchev–Trinajstić information content (AvgIpc) is 2.99. The molecule has 0 aliphatic heterocycles. The van der Waals surface area contributed by atoms with E-state index >= 15 is 0 Å². The largest absolute Gasteiger partial charge is 0.419 e. The Kier molecular flexibility index (Phi) is 5.59. The fourth-order valence-corrected chi connectivity index (χ4v) is 3.37. The van der Waals surface area contributed by atoms with Gasteiger partial charge in [-0.05, 0) is 23.6 Å². The minimum atomic E-state index is -4.81. The van der Waals surface area contributed by atoms with Crippen molar-refractivity contribution in [2.45, 2.75) is 32.7 Å². The third kappa shape index (κ3) is 3.76. The average molecular weight is 427 g/mol. The van der Waals surface area contributed by atoms with E-state index in [1.54, 1.807) is 32.8 Å². The van der Waals surface area contributed by atoms with Crippen LogP contribution in [0.4, 0.5) is 23.5 Å². The van der Waals surface area contributed by atoms with Gasteiger partial charge in [0.15, 0.2) is 5.65 Å². The van der Waals surface area contributed by atoms with Crippen molar-refractivity contribution >= 4 is 17.0 Å². The molecule has 0 fully saturated rings. The van der Waals surface area contributed by atoms with Gasteiger partial charge in [-0.15, -0.1) is 0 Å². The predicted octanol–water partition coefficient (Wildman–Crippen LogP) is 3.08. The lowest BCUT2D eigenvalue weighted by Crippen LogP contribution is -2.22. The van der Waals surface area contributed by atoms with Crippen LogP contribution in [-0.4, -0.2) is 39.0 Å². The number of anilines is 1. The first-order chi connectivity index (χ1) is 14.0. The first-order valence-corrected chi connectivity index (χ1v) is 9.12. The summed E-state index contributed by atoms with van der Waals surface area (Å²) in [5.74, 6) is -1.41. The molecule has 2 N–H and O–H groups in total. The van der Waals surface area contributed by atoms with Crippen molar-refractivity contribution in [3.63, 3.8) is 0 Å². The van der Waals surface area contributed by atoms with Crippen LogP contribution in [0.15, 0.2) is 23.0 Å². The Morgan fingerprint density at radius 2 is 1.93 bits per heavy atom. The summed E-state index contributed by atoms with van der Waals surface area (Å²) in [6.45, 7) is 3.03. The van der Waals surface area contributed by atoms with Crippen LogP contribution in [0.1, 0.15) is 36.7 Å². The number of alkyl halides is 3. The Balaban J connectivity index is 2.27. The summed E-state index contributed by atoms with van der Waals surface area (Å²) in [4.78, 5) is 21.1. The van der Waals surface area contributed by atoms with Crippen molar-refractivity contribution in [2.24, 2.45) is 5.92 Å². The number of halogens is 4. The lowest BCUT2D eigenvalue weighted by Gasteiger charge is -2.23. The second-order valence-corrected chi connectivity index (χ2v) is 7.46. The molecule has 162 valence electrons. The molecule has 7 nitrogen and oxygen atoms in total. The number of aliphatic hydroxyl groups is 1. The molecule has 2 heterocycles. The van der Waals surface area contributed by atoms with Crippen molar-refractivity contribution < 1.29 is 22.7 Å². The SMILES string of the molecule is CC(C)[C@@H](c1ccc(C(F)(F)F)c(F)c1)n1nc(CO)c2c(=O)[nH]c(N(C)C)nc21. The first kappa shape index (κ1) is 21.8. The maximum Gasteiger partial charge on any atom is 0.419 e. The molecule has 3 rings (SSSR count). The summed E-state index contributed by atoms with van der Waals surface area (Å²) in [5, 5.41) is 14.0. The number of aliphatic hydroxyl groups excluding tert-OH is 1. The summed E-state index contributed by atoms with van der Waals surface area (Å²) in [7, 11) is 3.34. The van der Waals surface area contributed by atoms with Gasteiger partial charge in [-0.3, -0.25) is 9.78 Å². The Labute approximate surface area is 169 Å². The van der Waals surface area contributed by atoms with Gasteiger partial charge in [0.2, 0.25) is 5.95 Å². The van der Waals surface area contributed by atoms with Crippen molar-refractivity contribution in [2.75, 3.05) is 19.0 Å². The molecule has 0 unspecified atom stereocenters. The Morgan fingerprint density at radius 3 is 2.43 bits per heavy atom. The van der Waals surface area contributed by atoms with Gasteiger partial charge in [0.1, 0.15) is 16.9 Å². The van der Waals surface area contributed by atoms with Crippen LogP contribution in [0.5, 0.6) is 0 Å². The molecule has 0 aliphatic carbocycles. The zero-order valence-corrected chi connectivity index (χ0v) is 16.8. The van der Waals surface area contributed by atoms with Gasteiger partial charge in [0, 0.05) is 14.1 Å². The number of aromatic nitrogens is 4. The van der Waals surface area contributed by atoms with Gasteiger partial charge < -0.3 is 10.0 Å². The number of nitrogens with zero attached hydrogens (tertiary/aromatic N) is 4. The van der Waals surface area contributed by atoms with E-state index in [1.165, 1.54) is 10.7 Å². The second kappa shape index (κ2) is 7.71. The number of hydrogen-bond acceptors (Lipinski definition) is 5. The molecule has 3 aromatic rings. The van der Waals surface area contributed by atoms with Crippen LogP contribution in [0.2, 0.25) is 0 Å². The van der Waals surface area contributed by atoms with Gasteiger partial charge in [-0.2, -0.15) is 23.3 Å². The number of aromatic amines is 1. The van der Waals surface area contributed by atoms with E-state index in [0.717, 1.165) is 6.07 Å². The fourth-order valence-electron chi connectivity index (χ4n) is 3.37.